The maximum Gasteiger partial charge on any atom is 0.205 e. The van der Waals surface area contributed by atoms with Crippen molar-refractivity contribution in [2.45, 2.75) is 38.9 Å². The van der Waals surface area contributed by atoms with Crippen molar-refractivity contribution < 1.29 is 28.7 Å². The summed E-state index contributed by atoms with van der Waals surface area (Å²) in [7, 11) is 0. The van der Waals surface area contributed by atoms with Crippen LogP contribution in [-0.2, 0) is 11.2 Å². The molecule has 12 nitrogen and oxygen atoms in total. The second-order valence-electron chi connectivity index (χ2n) is 14.3. The summed E-state index contributed by atoms with van der Waals surface area (Å²) in [5, 5.41) is 29.1. The minimum absolute atomic E-state index is 0.00174. The Morgan fingerprint density at radius 1 is 0.607 bits per heavy atom. The summed E-state index contributed by atoms with van der Waals surface area (Å²) < 4.78 is 13.1. The van der Waals surface area contributed by atoms with Crippen LogP contribution >= 0.6 is 22.7 Å². The largest absolute Gasteiger partial charge is 0.481 e. The summed E-state index contributed by atoms with van der Waals surface area (Å²) in [6, 6.07) is 14.6. The first-order valence-electron chi connectivity index (χ1n) is 16.8. The van der Waals surface area contributed by atoms with Crippen LogP contribution in [0, 0.1) is 40.6 Å². The molecule has 0 amide bonds. The zero-order valence-electron chi connectivity index (χ0n) is 29.6. The van der Waals surface area contributed by atoms with Gasteiger partial charge < -0.3 is 9.47 Å². The zero-order chi connectivity index (χ0) is 39.6. The second kappa shape index (κ2) is 11.6. The molecule has 0 unspecified atom stereocenters. The molecule has 0 spiro atoms. The molecule has 3 aromatic carbocycles. The van der Waals surface area contributed by atoms with Gasteiger partial charge in [0.1, 0.15) is 56.2 Å². The smallest absolute Gasteiger partial charge is 0.205 e. The SMILES string of the molecule is [C-]#[N+]c1cc2c(cc1C#N)C(=O)/C(=C\c1nc3c(s1)-c1cc4c(cc1OC3(C)C)-c1sc(C=C3C(=O)c5cc(C#N)c(C#N)cc5C3=O)nc1C(C)(C)O4)C2=O. The fourth-order valence-corrected chi connectivity index (χ4v) is 9.67. The fraction of sp³-hybridized carbons (Fsp3) is 0.143. The van der Waals surface area contributed by atoms with Crippen LogP contribution in [0.4, 0.5) is 5.69 Å². The van der Waals surface area contributed by atoms with E-state index in [1.807, 2.05) is 58.0 Å². The maximum absolute atomic E-state index is 13.4. The Hall–Kier alpha value is -7.36. The van der Waals surface area contributed by atoms with E-state index in [-0.39, 0.29) is 55.8 Å². The second-order valence-corrected chi connectivity index (χ2v) is 16.3. The van der Waals surface area contributed by atoms with E-state index < -0.39 is 34.3 Å². The molecule has 4 aliphatic rings. The first-order valence-corrected chi connectivity index (χ1v) is 18.5. The Bertz CT molecular complexity index is 2740. The monoisotopic (exact) mass is 768 g/mol. The van der Waals surface area contributed by atoms with Crippen LogP contribution in [0.1, 0.15) is 107 Å². The Balaban J connectivity index is 1.10. The van der Waals surface area contributed by atoms with Crippen molar-refractivity contribution in [1.29, 1.82) is 15.8 Å². The van der Waals surface area contributed by atoms with Gasteiger partial charge in [-0.15, -0.1) is 22.7 Å². The minimum atomic E-state index is -0.933. The van der Waals surface area contributed by atoms with E-state index >= 15 is 0 Å². The molecule has 0 atom stereocenters. The summed E-state index contributed by atoms with van der Waals surface area (Å²) in [4.78, 5) is 68.0. The number of ketones is 4. The van der Waals surface area contributed by atoms with E-state index in [0.29, 0.717) is 44.0 Å². The molecule has 0 bridgehead atoms. The average Bonchev–Trinajstić information content (AvgIpc) is 3.92. The van der Waals surface area contributed by atoms with Gasteiger partial charge >= 0.3 is 0 Å². The van der Waals surface area contributed by atoms with Crippen LogP contribution in [0.15, 0.2) is 47.5 Å². The highest BCUT2D eigenvalue weighted by molar-refractivity contribution is 7.16. The molecule has 4 heterocycles. The van der Waals surface area contributed by atoms with Crippen molar-refractivity contribution in [2.24, 2.45) is 0 Å². The summed E-state index contributed by atoms with van der Waals surface area (Å²) >= 11 is 2.55. The first kappa shape index (κ1) is 34.4. The van der Waals surface area contributed by atoms with Crippen molar-refractivity contribution >= 4 is 63.6 Å². The molecule has 0 N–H and O–H groups in total. The van der Waals surface area contributed by atoms with Crippen molar-refractivity contribution in [3.63, 3.8) is 0 Å². The van der Waals surface area contributed by atoms with E-state index in [1.165, 1.54) is 59.1 Å². The van der Waals surface area contributed by atoms with E-state index in [9.17, 15) is 35.0 Å². The van der Waals surface area contributed by atoms with E-state index in [1.54, 1.807) is 0 Å². The third kappa shape index (κ3) is 4.77. The number of carbonyl (C=O) groups is 4. The highest BCUT2D eigenvalue weighted by atomic mass is 32.1. The van der Waals surface area contributed by atoms with E-state index in [0.717, 1.165) is 9.75 Å². The molecule has 56 heavy (non-hydrogen) atoms. The average molecular weight is 769 g/mol. The Morgan fingerprint density at radius 3 is 1.36 bits per heavy atom. The van der Waals surface area contributed by atoms with Crippen molar-refractivity contribution in [3.8, 4) is 50.6 Å². The summed E-state index contributed by atoms with van der Waals surface area (Å²) in [6.07, 6.45) is 2.87. The number of hydrogen-bond donors (Lipinski definition) is 0. The van der Waals surface area contributed by atoms with Crippen LogP contribution in [-0.4, -0.2) is 33.1 Å². The van der Waals surface area contributed by atoms with Gasteiger partial charge in [-0.3, -0.25) is 19.2 Å². The number of nitrogens with zero attached hydrogens (tertiary/aromatic N) is 6. The molecule has 0 radical (unpaired) electrons. The van der Waals surface area contributed by atoms with Gasteiger partial charge in [0.2, 0.25) is 5.69 Å². The van der Waals surface area contributed by atoms with Gasteiger partial charge in [-0.25, -0.2) is 14.8 Å². The van der Waals surface area contributed by atoms with Crippen LogP contribution in [0.5, 0.6) is 11.5 Å². The number of thiazole rings is 2. The van der Waals surface area contributed by atoms with Gasteiger partial charge in [-0.2, -0.15) is 15.8 Å². The Kier molecular flexibility index (Phi) is 7.11. The van der Waals surface area contributed by atoms with Gasteiger partial charge in [0.15, 0.2) is 23.1 Å². The molecule has 5 aromatic rings. The standard InChI is InChI=1S/C42H20N6O6S2/c1-41(2)39-37(55-31(47-39)12-26-33(49)20-6-17(14-43)18(15-44)7-21(20)34(26)50)24-10-30-25(11-29(24)53-41)38-40(42(3,4)54-30)48-32(56-38)13-27-35(51)22-8-19(16-45)28(46-5)9-23(22)36(27)52/h6-13H,1-4H3/b27-13+. The van der Waals surface area contributed by atoms with E-state index in [2.05, 4.69) is 4.85 Å². The third-order valence-corrected chi connectivity index (χ3v) is 12.1. The summed E-state index contributed by atoms with van der Waals surface area (Å²) in [6.45, 7) is 14.8. The zero-order valence-corrected chi connectivity index (χ0v) is 31.2. The maximum atomic E-state index is 13.4. The lowest BCUT2D eigenvalue weighted by Crippen LogP contribution is -2.31. The summed E-state index contributed by atoms with van der Waals surface area (Å²) in [5.74, 6) is -1.14. The van der Waals surface area contributed by atoms with Crippen LogP contribution < -0.4 is 9.47 Å². The number of hydrogen-bond acceptors (Lipinski definition) is 13. The van der Waals surface area contributed by atoms with Gasteiger partial charge in [-0.05, 0) is 76.2 Å². The number of carbonyl (C=O) groups excluding carboxylic acids is 4. The van der Waals surface area contributed by atoms with Gasteiger partial charge in [0, 0.05) is 33.4 Å². The molecule has 14 heteroatoms. The third-order valence-electron chi connectivity index (χ3n) is 10.00. The lowest BCUT2D eigenvalue weighted by molar-refractivity contribution is 0.0955. The minimum Gasteiger partial charge on any atom is -0.481 e. The lowest BCUT2D eigenvalue weighted by Gasteiger charge is -2.35. The quantitative estimate of drug-likeness (QED) is 0.0955. The molecule has 0 fully saturated rings. The van der Waals surface area contributed by atoms with Gasteiger partial charge in [0.05, 0.1) is 50.2 Å². The van der Waals surface area contributed by atoms with Crippen LogP contribution in [0.25, 0.3) is 37.9 Å². The highest BCUT2D eigenvalue weighted by Gasteiger charge is 2.42. The molecule has 2 aromatic heterocycles. The van der Waals surface area contributed by atoms with Crippen molar-refractivity contribution in [3.05, 3.63) is 119 Å². The van der Waals surface area contributed by atoms with E-state index in [4.69, 9.17) is 26.0 Å². The number of fused-ring (bicyclic) bond motifs is 8. The number of nitriles is 3. The van der Waals surface area contributed by atoms with Crippen LogP contribution in [0.2, 0.25) is 0 Å². The highest BCUT2D eigenvalue weighted by Crippen LogP contribution is 2.55. The van der Waals surface area contributed by atoms with Crippen molar-refractivity contribution in [2.75, 3.05) is 0 Å². The molecule has 0 saturated heterocycles. The number of rotatable bonds is 2. The van der Waals surface area contributed by atoms with Gasteiger partial charge in [0.25, 0.3) is 0 Å². The fourth-order valence-electron chi connectivity index (χ4n) is 7.31. The number of Topliss-reactive ketones (excluding diaryl/α,β-unsaturated/α-hetero) is 4. The normalized spacial score (nSPS) is 16.9. The Labute approximate surface area is 325 Å². The predicted molar refractivity (Wildman–Crippen MR) is 203 cm³/mol. The molecule has 266 valence electrons. The number of benzene rings is 3. The van der Waals surface area contributed by atoms with Gasteiger partial charge in [-0.1, -0.05) is 0 Å². The molecule has 2 aliphatic heterocycles. The molecule has 9 rings (SSSR count). The number of aromatic nitrogens is 2. The summed E-state index contributed by atoms with van der Waals surface area (Å²) in [5.41, 5.74) is 0.789. The van der Waals surface area contributed by atoms with Crippen LogP contribution in [0.3, 0.4) is 0 Å². The number of ether oxygens (including phenoxy) is 2. The molecule has 2 aliphatic carbocycles. The molecule has 0 saturated carbocycles. The Morgan fingerprint density at radius 2 is 0.982 bits per heavy atom. The predicted octanol–water partition coefficient (Wildman–Crippen LogP) is 8.28. The molecular weight excluding hydrogens is 749 g/mol. The first-order chi connectivity index (χ1) is 26.7. The van der Waals surface area contributed by atoms with Crippen molar-refractivity contribution in [1.82, 2.24) is 9.97 Å². The lowest BCUT2D eigenvalue weighted by atomic mass is 9.92. The number of allylic oxidation sites excluding steroid dienone is 2. The topological polar surface area (TPSA) is 188 Å². The molecular formula is C42H20N6O6S2.